The van der Waals surface area contributed by atoms with E-state index in [0.717, 1.165) is 11.5 Å². The highest BCUT2D eigenvalue weighted by atomic mass is 127. The summed E-state index contributed by atoms with van der Waals surface area (Å²) in [5.41, 5.74) is 0.455. The molecule has 0 aliphatic heterocycles. The third-order valence-corrected chi connectivity index (χ3v) is 3.11. The smallest absolute Gasteiger partial charge is 0.408 e. The van der Waals surface area contributed by atoms with Gasteiger partial charge in [-0.25, -0.2) is 4.79 Å². The highest BCUT2D eigenvalue weighted by molar-refractivity contribution is 14.0. The summed E-state index contributed by atoms with van der Waals surface area (Å²) in [5.74, 6) is 0.835. The number of nitrogens with one attached hydrogen (secondary N) is 1. The van der Waals surface area contributed by atoms with Gasteiger partial charge in [-0.15, -0.1) is 24.0 Å². The van der Waals surface area contributed by atoms with E-state index < -0.39 is 11.7 Å². The number of hydrogen-bond donors (Lipinski definition) is 1. The number of carbonyl (C=O) groups excluding carboxylic acids is 1. The average molecular weight is 462 g/mol. The van der Waals surface area contributed by atoms with Crippen molar-refractivity contribution in [3.63, 3.8) is 0 Å². The van der Waals surface area contributed by atoms with E-state index in [2.05, 4.69) is 10.3 Å². The highest BCUT2D eigenvalue weighted by Crippen LogP contribution is 2.15. The Labute approximate surface area is 168 Å². The zero-order chi connectivity index (χ0) is 18.3. The van der Waals surface area contributed by atoms with Crippen molar-refractivity contribution in [2.45, 2.75) is 32.4 Å². The van der Waals surface area contributed by atoms with Crippen molar-refractivity contribution in [2.24, 2.45) is 4.99 Å². The lowest BCUT2D eigenvalue weighted by molar-refractivity contribution is 0.0505. The number of amides is 1. The Morgan fingerprint density at radius 1 is 1.12 bits per heavy atom. The maximum Gasteiger partial charge on any atom is 0.408 e. The van der Waals surface area contributed by atoms with Gasteiger partial charge in [0.05, 0.1) is 12.6 Å². The topological polar surface area (TPSA) is 57.2 Å². The molecule has 0 heterocycles. The fourth-order valence-corrected chi connectivity index (χ4v) is 2.23. The molecule has 0 spiro atoms. The number of alkyl carbamates (subject to hydrolysis) is 1. The highest BCUT2D eigenvalue weighted by Gasteiger charge is 2.20. The van der Waals surface area contributed by atoms with E-state index in [1.807, 2.05) is 89.1 Å². The van der Waals surface area contributed by atoms with Crippen molar-refractivity contribution >= 4 is 36.0 Å². The Hall–Kier alpha value is -1.51. The minimum absolute atomic E-state index is 0. The lowest BCUT2D eigenvalue weighted by atomic mass is 10.1. The normalized spacial score (nSPS) is 11.6. The molecule has 0 aromatic heterocycles. The first-order valence-corrected chi connectivity index (χ1v) is 8.03. The van der Waals surface area contributed by atoms with Crippen LogP contribution in [0.2, 0.25) is 0 Å². The summed E-state index contributed by atoms with van der Waals surface area (Å²) in [4.78, 5) is 20.7. The van der Waals surface area contributed by atoms with Crippen molar-refractivity contribution in [1.29, 1.82) is 0 Å². The van der Waals surface area contributed by atoms with Gasteiger partial charge in [0, 0.05) is 28.2 Å². The number of guanidine groups is 1. The van der Waals surface area contributed by atoms with Gasteiger partial charge in [0.25, 0.3) is 0 Å². The number of hydrogen-bond acceptors (Lipinski definition) is 3. The van der Waals surface area contributed by atoms with E-state index >= 15 is 0 Å². The molecule has 6 nitrogen and oxygen atoms in total. The molecule has 0 aliphatic rings. The second-order valence-corrected chi connectivity index (χ2v) is 7.04. The van der Waals surface area contributed by atoms with E-state index in [9.17, 15) is 4.79 Å². The van der Waals surface area contributed by atoms with E-state index in [1.165, 1.54) is 0 Å². The molecule has 1 amide bonds. The van der Waals surface area contributed by atoms with E-state index in [0.29, 0.717) is 6.54 Å². The first-order chi connectivity index (χ1) is 11.1. The van der Waals surface area contributed by atoms with Crippen LogP contribution in [0.15, 0.2) is 35.3 Å². The summed E-state index contributed by atoms with van der Waals surface area (Å²) in [6.45, 7) is 5.96. The van der Waals surface area contributed by atoms with Gasteiger partial charge in [0.1, 0.15) is 5.60 Å². The van der Waals surface area contributed by atoms with E-state index in [-0.39, 0.29) is 30.0 Å². The second kappa shape index (κ2) is 10.5. The van der Waals surface area contributed by atoms with Gasteiger partial charge in [0.2, 0.25) is 0 Å². The van der Waals surface area contributed by atoms with E-state index in [4.69, 9.17) is 4.74 Å². The molecular formula is C18H31IN4O2. The van der Waals surface area contributed by atoms with Crippen molar-refractivity contribution < 1.29 is 9.53 Å². The zero-order valence-corrected chi connectivity index (χ0v) is 18.6. The Kier molecular flexibility index (Phi) is 9.84. The van der Waals surface area contributed by atoms with Gasteiger partial charge in [-0.2, -0.15) is 0 Å². The molecule has 0 fully saturated rings. The molecule has 1 unspecified atom stereocenters. The third-order valence-electron chi connectivity index (χ3n) is 3.11. The van der Waals surface area contributed by atoms with Crippen molar-refractivity contribution in [2.75, 3.05) is 34.7 Å². The number of ether oxygens (including phenoxy) is 1. The minimum Gasteiger partial charge on any atom is -0.444 e. The van der Waals surface area contributed by atoms with Crippen LogP contribution in [0.4, 0.5) is 4.79 Å². The summed E-state index contributed by atoms with van der Waals surface area (Å²) >= 11 is 0. The molecular weight excluding hydrogens is 431 g/mol. The van der Waals surface area contributed by atoms with Gasteiger partial charge < -0.3 is 19.9 Å². The van der Waals surface area contributed by atoms with Crippen LogP contribution in [0.25, 0.3) is 0 Å². The standard InChI is InChI=1S/C18H30N4O2.HI/c1-18(2,3)24-17(23)20-15(14-11-9-8-10-12-14)13-19-16(21(4)5)22(6)7;/h8-12,15H,13H2,1-7H3,(H,20,23);1H. The second-order valence-electron chi connectivity index (χ2n) is 7.04. The predicted molar refractivity (Wildman–Crippen MR) is 114 cm³/mol. The molecule has 0 saturated heterocycles. The fourth-order valence-electron chi connectivity index (χ4n) is 2.23. The molecule has 0 saturated carbocycles. The first kappa shape index (κ1) is 23.5. The molecule has 1 atom stereocenters. The number of halogens is 1. The third kappa shape index (κ3) is 8.94. The van der Waals surface area contributed by atoms with Crippen LogP contribution in [0, 0.1) is 0 Å². The molecule has 0 bridgehead atoms. The van der Waals surface area contributed by atoms with Crippen LogP contribution in [-0.4, -0.2) is 62.2 Å². The molecule has 0 radical (unpaired) electrons. The molecule has 1 rings (SSSR count). The maximum atomic E-state index is 12.2. The van der Waals surface area contributed by atoms with Crippen LogP contribution in [0.3, 0.4) is 0 Å². The Bertz CT molecular complexity index is 544. The van der Waals surface area contributed by atoms with Crippen LogP contribution >= 0.6 is 24.0 Å². The van der Waals surface area contributed by atoms with Crippen molar-refractivity contribution in [1.82, 2.24) is 15.1 Å². The monoisotopic (exact) mass is 462 g/mol. The molecule has 1 aromatic carbocycles. The van der Waals surface area contributed by atoms with Gasteiger partial charge in [-0.1, -0.05) is 30.3 Å². The summed E-state index contributed by atoms with van der Waals surface area (Å²) < 4.78 is 5.37. The van der Waals surface area contributed by atoms with Gasteiger partial charge in [-0.3, -0.25) is 4.99 Å². The predicted octanol–water partition coefficient (Wildman–Crippen LogP) is 3.35. The van der Waals surface area contributed by atoms with Gasteiger partial charge in [-0.05, 0) is 26.3 Å². The zero-order valence-electron chi connectivity index (χ0n) is 16.2. The Morgan fingerprint density at radius 3 is 2.08 bits per heavy atom. The van der Waals surface area contributed by atoms with Crippen molar-refractivity contribution in [3.8, 4) is 0 Å². The van der Waals surface area contributed by atoms with E-state index in [1.54, 1.807) is 0 Å². The van der Waals surface area contributed by atoms with Crippen LogP contribution in [0.5, 0.6) is 0 Å². The van der Waals surface area contributed by atoms with Crippen LogP contribution in [-0.2, 0) is 4.74 Å². The molecule has 1 N–H and O–H groups in total. The summed E-state index contributed by atoms with van der Waals surface area (Å²) in [6, 6.07) is 9.53. The largest absolute Gasteiger partial charge is 0.444 e. The lowest BCUT2D eigenvalue weighted by Gasteiger charge is -2.25. The average Bonchev–Trinajstić information content (AvgIpc) is 2.44. The van der Waals surface area contributed by atoms with Gasteiger partial charge >= 0.3 is 6.09 Å². The summed E-state index contributed by atoms with van der Waals surface area (Å²) in [5, 5.41) is 2.92. The SMILES string of the molecule is CN(C)C(=NCC(NC(=O)OC(C)(C)C)c1ccccc1)N(C)C.I. The van der Waals surface area contributed by atoms with Crippen molar-refractivity contribution in [3.05, 3.63) is 35.9 Å². The molecule has 142 valence electrons. The quantitative estimate of drug-likeness (QED) is 0.424. The van der Waals surface area contributed by atoms with Gasteiger partial charge in [0.15, 0.2) is 5.96 Å². The van der Waals surface area contributed by atoms with Crippen LogP contribution in [0.1, 0.15) is 32.4 Å². The number of carbonyl (C=O) groups is 1. The van der Waals surface area contributed by atoms with Crippen LogP contribution < -0.4 is 5.32 Å². The first-order valence-electron chi connectivity index (χ1n) is 8.03. The fraction of sp³-hybridized carbons (Fsp3) is 0.556. The Morgan fingerprint density at radius 2 is 1.64 bits per heavy atom. The molecule has 25 heavy (non-hydrogen) atoms. The Balaban J connectivity index is 0.00000576. The summed E-state index contributed by atoms with van der Waals surface area (Å²) in [6.07, 6.45) is -0.442. The number of benzene rings is 1. The molecule has 0 aliphatic carbocycles. The minimum atomic E-state index is -0.535. The number of aliphatic imine (C=N–C) groups is 1. The molecule has 1 aromatic rings. The number of rotatable bonds is 4. The lowest BCUT2D eigenvalue weighted by Crippen LogP contribution is -2.38. The number of nitrogens with zero attached hydrogens (tertiary/aromatic N) is 3. The molecule has 7 heteroatoms. The summed E-state index contributed by atoms with van der Waals surface area (Å²) in [7, 11) is 7.77. The maximum absolute atomic E-state index is 12.2.